The van der Waals surface area contributed by atoms with Crippen LogP contribution in [0.5, 0.6) is 0 Å². The van der Waals surface area contributed by atoms with Crippen molar-refractivity contribution >= 4 is 5.97 Å². The van der Waals surface area contributed by atoms with Gasteiger partial charge in [0, 0.05) is 27.1 Å². The number of carbonyl (C=O) groups excluding carboxylic acids is 1. The summed E-state index contributed by atoms with van der Waals surface area (Å²) in [5.74, 6) is -1.03. The third-order valence-corrected chi connectivity index (χ3v) is 4.97. The summed E-state index contributed by atoms with van der Waals surface area (Å²) >= 11 is 0. The van der Waals surface area contributed by atoms with Crippen LogP contribution in [-0.2, 0) is 33.2 Å². The fraction of sp³-hybridized carbons (Fsp3) is 0.824. The second-order valence-electron chi connectivity index (χ2n) is 6.44. The molecule has 0 unspecified atom stereocenters. The SMILES string of the molecule is COCO[C@H]1[C@H]2OC3(CCCCC3)O[C@H]2C=C(C(=O)OC)[C@H]1OC. The number of esters is 1. The molecule has 3 rings (SSSR count). The van der Waals surface area contributed by atoms with Gasteiger partial charge in [0.05, 0.1) is 12.7 Å². The zero-order chi connectivity index (χ0) is 17.2. The highest BCUT2D eigenvalue weighted by Gasteiger charge is 2.55. The highest BCUT2D eigenvalue weighted by atomic mass is 16.8. The minimum Gasteiger partial charge on any atom is -0.466 e. The summed E-state index contributed by atoms with van der Waals surface area (Å²) in [6, 6.07) is 0. The zero-order valence-corrected chi connectivity index (χ0v) is 14.5. The number of carbonyl (C=O) groups is 1. The minimum absolute atomic E-state index is 0.0819. The monoisotopic (exact) mass is 342 g/mol. The average molecular weight is 342 g/mol. The van der Waals surface area contributed by atoms with Crippen molar-refractivity contribution < 1.29 is 33.2 Å². The van der Waals surface area contributed by atoms with Crippen molar-refractivity contribution in [2.24, 2.45) is 0 Å². The molecule has 7 heteroatoms. The first-order valence-electron chi connectivity index (χ1n) is 8.43. The van der Waals surface area contributed by atoms with Gasteiger partial charge in [-0.3, -0.25) is 0 Å². The molecule has 1 aliphatic heterocycles. The maximum absolute atomic E-state index is 12.2. The number of rotatable bonds is 5. The fourth-order valence-electron chi connectivity index (χ4n) is 3.88. The molecule has 0 N–H and O–H groups in total. The summed E-state index contributed by atoms with van der Waals surface area (Å²) < 4.78 is 33.8. The standard InChI is InChI=1S/C17H26O7/c1-19-10-22-15-13(20-2)11(16(18)21-3)9-12-14(15)24-17(23-12)7-5-4-6-8-17/h9,12-15H,4-8,10H2,1-3H3/t12-,13+,14-,15+/m0/s1. The van der Waals surface area contributed by atoms with Gasteiger partial charge in [0.1, 0.15) is 31.2 Å². The Hall–Kier alpha value is -0.990. The molecule has 1 saturated heterocycles. The van der Waals surface area contributed by atoms with Crippen molar-refractivity contribution in [2.75, 3.05) is 28.1 Å². The van der Waals surface area contributed by atoms with Crippen molar-refractivity contribution in [3.8, 4) is 0 Å². The highest BCUT2D eigenvalue weighted by molar-refractivity contribution is 5.90. The van der Waals surface area contributed by atoms with Gasteiger partial charge in [-0.2, -0.15) is 0 Å². The molecule has 4 atom stereocenters. The molecule has 1 heterocycles. The number of ether oxygens (including phenoxy) is 6. The van der Waals surface area contributed by atoms with Crippen LogP contribution in [0, 0.1) is 0 Å². The summed E-state index contributed by atoms with van der Waals surface area (Å²) in [7, 11) is 4.44. The average Bonchev–Trinajstić information content (AvgIpc) is 2.95. The van der Waals surface area contributed by atoms with E-state index in [2.05, 4.69) is 0 Å². The second kappa shape index (κ2) is 7.49. The molecule has 1 saturated carbocycles. The van der Waals surface area contributed by atoms with Crippen LogP contribution in [0.3, 0.4) is 0 Å². The summed E-state index contributed by atoms with van der Waals surface area (Å²) in [5, 5.41) is 0. The molecule has 0 aromatic rings. The van der Waals surface area contributed by atoms with Crippen molar-refractivity contribution in [1.29, 1.82) is 0 Å². The van der Waals surface area contributed by atoms with Gasteiger partial charge in [-0.25, -0.2) is 4.79 Å². The Balaban J connectivity index is 1.89. The fourth-order valence-corrected chi connectivity index (χ4v) is 3.88. The van der Waals surface area contributed by atoms with E-state index in [1.807, 2.05) is 0 Å². The lowest BCUT2D eigenvalue weighted by atomic mass is 9.89. The Kier molecular flexibility index (Phi) is 5.56. The first-order chi connectivity index (χ1) is 11.6. The molecular formula is C17H26O7. The maximum atomic E-state index is 12.2. The second-order valence-corrected chi connectivity index (χ2v) is 6.44. The number of fused-ring (bicyclic) bond motifs is 1. The lowest BCUT2D eigenvalue weighted by Crippen LogP contribution is -2.51. The van der Waals surface area contributed by atoms with Crippen LogP contribution >= 0.6 is 0 Å². The first kappa shape index (κ1) is 17.8. The van der Waals surface area contributed by atoms with Crippen LogP contribution in [-0.4, -0.2) is 64.3 Å². The first-order valence-corrected chi connectivity index (χ1v) is 8.43. The molecule has 3 aliphatic rings. The van der Waals surface area contributed by atoms with Crippen molar-refractivity contribution in [3.05, 3.63) is 11.6 Å². The number of hydrogen-bond donors (Lipinski definition) is 0. The summed E-state index contributed by atoms with van der Waals surface area (Å²) in [6.07, 6.45) is 5.04. The van der Waals surface area contributed by atoms with Gasteiger partial charge >= 0.3 is 5.97 Å². The predicted octanol–water partition coefficient (Wildman–Crippen LogP) is 1.55. The van der Waals surface area contributed by atoms with Crippen LogP contribution in [0.2, 0.25) is 0 Å². The van der Waals surface area contributed by atoms with Crippen molar-refractivity contribution in [3.63, 3.8) is 0 Å². The van der Waals surface area contributed by atoms with E-state index in [0.717, 1.165) is 25.7 Å². The van der Waals surface area contributed by atoms with Gasteiger partial charge in [-0.15, -0.1) is 0 Å². The third-order valence-electron chi connectivity index (χ3n) is 4.97. The van der Waals surface area contributed by atoms with E-state index in [4.69, 9.17) is 28.4 Å². The van der Waals surface area contributed by atoms with Crippen molar-refractivity contribution in [1.82, 2.24) is 0 Å². The highest BCUT2D eigenvalue weighted by Crippen LogP contribution is 2.45. The maximum Gasteiger partial charge on any atom is 0.336 e. The summed E-state index contributed by atoms with van der Waals surface area (Å²) in [6.45, 7) is 0.0819. The smallest absolute Gasteiger partial charge is 0.336 e. The Morgan fingerprint density at radius 2 is 1.96 bits per heavy atom. The predicted molar refractivity (Wildman–Crippen MR) is 83.2 cm³/mol. The molecule has 1 spiro atoms. The van der Waals surface area contributed by atoms with Crippen LogP contribution in [0.25, 0.3) is 0 Å². The van der Waals surface area contributed by atoms with E-state index in [9.17, 15) is 4.79 Å². The number of methoxy groups -OCH3 is 3. The number of hydrogen-bond acceptors (Lipinski definition) is 7. The molecule has 2 fully saturated rings. The quantitative estimate of drug-likeness (QED) is 0.554. The lowest BCUT2D eigenvalue weighted by molar-refractivity contribution is -0.213. The van der Waals surface area contributed by atoms with Crippen LogP contribution < -0.4 is 0 Å². The Bertz CT molecular complexity index is 483. The van der Waals surface area contributed by atoms with E-state index in [-0.39, 0.29) is 19.0 Å². The molecule has 7 nitrogen and oxygen atoms in total. The minimum atomic E-state index is -0.587. The molecule has 0 amide bonds. The van der Waals surface area contributed by atoms with E-state index >= 15 is 0 Å². The molecule has 0 aromatic heterocycles. The van der Waals surface area contributed by atoms with Crippen LogP contribution in [0.15, 0.2) is 11.6 Å². The summed E-state index contributed by atoms with van der Waals surface area (Å²) in [4.78, 5) is 12.2. The van der Waals surface area contributed by atoms with Gasteiger partial charge in [0.25, 0.3) is 0 Å². The van der Waals surface area contributed by atoms with Gasteiger partial charge < -0.3 is 28.4 Å². The van der Waals surface area contributed by atoms with E-state index < -0.39 is 24.0 Å². The lowest BCUT2D eigenvalue weighted by Gasteiger charge is -2.36. The molecule has 0 radical (unpaired) electrons. The molecule has 0 bridgehead atoms. The summed E-state index contributed by atoms with van der Waals surface area (Å²) in [5.41, 5.74) is 0.402. The topological polar surface area (TPSA) is 72.5 Å². The van der Waals surface area contributed by atoms with Gasteiger partial charge in [0.2, 0.25) is 0 Å². The van der Waals surface area contributed by atoms with Gasteiger partial charge in [0.15, 0.2) is 5.79 Å². The van der Waals surface area contributed by atoms with E-state index in [1.54, 1.807) is 13.2 Å². The molecular weight excluding hydrogens is 316 g/mol. The van der Waals surface area contributed by atoms with E-state index in [1.165, 1.54) is 20.6 Å². The normalized spacial score (nSPS) is 34.7. The molecule has 2 aliphatic carbocycles. The third kappa shape index (κ3) is 3.23. The van der Waals surface area contributed by atoms with E-state index in [0.29, 0.717) is 5.57 Å². The van der Waals surface area contributed by atoms with Crippen LogP contribution in [0.4, 0.5) is 0 Å². The Labute approximate surface area is 142 Å². The van der Waals surface area contributed by atoms with Crippen molar-refractivity contribution in [2.45, 2.75) is 62.3 Å². The Morgan fingerprint density at radius 3 is 2.58 bits per heavy atom. The molecule has 0 aromatic carbocycles. The largest absolute Gasteiger partial charge is 0.466 e. The van der Waals surface area contributed by atoms with Gasteiger partial charge in [-0.1, -0.05) is 6.42 Å². The van der Waals surface area contributed by atoms with Gasteiger partial charge in [-0.05, 0) is 18.9 Å². The molecule has 136 valence electrons. The zero-order valence-electron chi connectivity index (χ0n) is 14.5. The Morgan fingerprint density at radius 1 is 1.21 bits per heavy atom. The van der Waals surface area contributed by atoms with Crippen LogP contribution in [0.1, 0.15) is 32.1 Å². The molecule has 24 heavy (non-hydrogen) atoms.